The molecule has 148 valence electrons. The third-order valence-electron chi connectivity index (χ3n) is 5.24. The van der Waals surface area contributed by atoms with Crippen molar-refractivity contribution in [3.63, 3.8) is 0 Å². The monoisotopic (exact) mass is 395 g/mol. The average molecular weight is 396 g/mol. The summed E-state index contributed by atoms with van der Waals surface area (Å²) in [5, 5.41) is 9.73. The van der Waals surface area contributed by atoms with Crippen LogP contribution in [-0.2, 0) is 4.79 Å². The fraction of sp³-hybridized carbons (Fsp3) is 0.611. The highest BCUT2D eigenvalue weighted by Crippen LogP contribution is 2.39. The molecular weight excluding hydrogens is 370 g/mol. The Hall–Kier alpha value is -2.06. The number of amides is 3. The van der Waals surface area contributed by atoms with Crippen molar-refractivity contribution in [3.05, 3.63) is 17.3 Å². The van der Waals surface area contributed by atoms with Gasteiger partial charge in [0.1, 0.15) is 5.54 Å². The minimum absolute atomic E-state index is 0.0312. The van der Waals surface area contributed by atoms with Crippen LogP contribution in [0.3, 0.4) is 0 Å². The summed E-state index contributed by atoms with van der Waals surface area (Å²) < 4.78 is 0. The predicted octanol–water partition coefficient (Wildman–Crippen LogP) is 1.57. The number of anilines is 2. The van der Waals surface area contributed by atoms with Crippen molar-refractivity contribution in [2.45, 2.75) is 32.2 Å². The number of aromatic nitrogens is 1. The van der Waals surface area contributed by atoms with Crippen LogP contribution >= 0.6 is 11.6 Å². The highest BCUT2D eigenvalue weighted by molar-refractivity contribution is 6.30. The van der Waals surface area contributed by atoms with Crippen molar-refractivity contribution in [2.24, 2.45) is 5.92 Å². The largest absolute Gasteiger partial charge is 0.396 e. The van der Waals surface area contributed by atoms with E-state index in [9.17, 15) is 14.7 Å². The second-order valence-electron chi connectivity index (χ2n) is 7.55. The van der Waals surface area contributed by atoms with Crippen LogP contribution in [0.2, 0.25) is 5.02 Å². The minimum atomic E-state index is -0.853. The van der Waals surface area contributed by atoms with Crippen LogP contribution in [0.5, 0.6) is 0 Å². The molecule has 0 bridgehead atoms. The molecule has 27 heavy (non-hydrogen) atoms. The van der Waals surface area contributed by atoms with Crippen LogP contribution in [0.4, 0.5) is 16.3 Å². The lowest BCUT2D eigenvalue weighted by molar-refractivity contribution is -0.134. The Morgan fingerprint density at radius 1 is 1.33 bits per heavy atom. The van der Waals surface area contributed by atoms with E-state index in [-0.39, 0.29) is 31.0 Å². The zero-order valence-electron chi connectivity index (χ0n) is 15.7. The summed E-state index contributed by atoms with van der Waals surface area (Å²) in [7, 11) is 0. The number of imide groups is 1. The van der Waals surface area contributed by atoms with Gasteiger partial charge in [0.05, 0.1) is 23.9 Å². The Morgan fingerprint density at radius 3 is 2.56 bits per heavy atom. The molecule has 1 spiro atoms. The van der Waals surface area contributed by atoms with Gasteiger partial charge in [-0.2, -0.15) is 0 Å². The third kappa shape index (κ3) is 3.43. The van der Waals surface area contributed by atoms with Crippen molar-refractivity contribution in [2.75, 3.05) is 43.4 Å². The van der Waals surface area contributed by atoms with E-state index in [1.807, 2.05) is 18.7 Å². The van der Waals surface area contributed by atoms with Gasteiger partial charge in [-0.25, -0.2) is 9.78 Å². The first-order chi connectivity index (χ1) is 12.8. The maximum Gasteiger partial charge on any atom is 0.327 e. The normalized spacial score (nSPS) is 19.7. The van der Waals surface area contributed by atoms with Gasteiger partial charge in [-0.3, -0.25) is 9.69 Å². The number of piperidine rings is 1. The van der Waals surface area contributed by atoms with Gasteiger partial charge >= 0.3 is 6.03 Å². The maximum atomic E-state index is 13.1. The number of nitrogen functional groups attached to an aromatic ring is 1. The molecule has 1 aromatic rings. The van der Waals surface area contributed by atoms with Crippen molar-refractivity contribution in [1.29, 1.82) is 0 Å². The summed E-state index contributed by atoms with van der Waals surface area (Å²) in [5.41, 5.74) is 5.69. The third-order valence-corrected chi connectivity index (χ3v) is 5.45. The second kappa shape index (κ2) is 7.52. The number of rotatable bonds is 5. The molecule has 1 aromatic heterocycles. The number of carbonyl (C=O) groups is 2. The molecule has 0 saturated carbocycles. The van der Waals surface area contributed by atoms with E-state index in [2.05, 4.69) is 4.98 Å². The number of halogens is 1. The number of aliphatic hydroxyl groups excluding tert-OH is 1. The molecule has 0 aromatic carbocycles. The van der Waals surface area contributed by atoms with E-state index in [1.54, 1.807) is 17.2 Å². The Bertz CT molecular complexity index is 734. The number of nitrogens with two attached hydrogens (primary N) is 1. The Kier molecular flexibility index (Phi) is 5.48. The first kappa shape index (κ1) is 19.7. The number of hydrogen-bond acceptors (Lipinski definition) is 6. The van der Waals surface area contributed by atoms with Crippen molar-refractivity contribution in [1.82, 2.24) is 14.8 Å². The van der Waals surface area contributed by atoms with E-state index in [1.165, 1.54) is 4.90 Å². The molecule has 3 amide bonds. The second-order valence-corrected chi connectivity index (χ2v) is 7.99. The van der Waals surface area contributed by atoms with E-state index in [0.717, 1.165) is 0 Å². The van der Waals surface area contributed by atoms with Crippen molar-refractivity contribution >= 4 is 35.0 Å². The van der Waals surface area contributed by atoms with Crippen molar-refractivity contribution in [3.8, 4) is 0 Å². The first-order valence-corrected chi connectivity index (χ1v) is 9.58. The van der Waals surface area contributed by atoms with Gasteiger partial charge in [-0.15, -0.1) is 0 Å². The molecule has 0 unspecified atom stereocenters. The molecule has 9 heteroatoms. The van der Waals surface area contributed by atoms with E-state index in [4.69, 9.17) is 17.3 Å². The highest BCUT2D eigenvalue weighted by Gasteiger charge is 2.57. The fourth-order valence-electron chi connectivity index (χ4n) is 3.98. The number of aliphatic hydroxyl groups is 1. The van der Waals surface area contributed by atoms with Gasteiger partial charge in [-0.1, -0.05) is 25.4 Å². The fourth-order valence-corrected chi connectivity index (χ4v) is 4.15. The van der Waals surface area contributed by atoms with Gasteiger partial charge in [0, 0.05) is 25.8 Å². The van der Waals surface area contributed by atoms with Gasteiger partial charge in [0.25, 0.3) is 5.91 Å². The molecule has 2 aliphatic rings. The highest BCUT2D eigenvalue weighted by atomic mass is 35.5. The van der Waals surface area contributed by atoms with E-state index in [0.29, 0.717) is 49.0 Å². The molecule has 0 radical (unpaired) electrons. The van der Waals surface area contributed by atoms with Crippen LogP contribution in [0.15, 0.2) is 12.3 Å². The lowest BCUT2D eigenvalue weighted by Gasteiger charge is -2.43. The molecule has 0 aliphatic carbocycles. The number of urea groups is 1. The molecule has 2 fully saturated rings. The van der Waals surface area contributed by atoms with Gasteiger partial charge in [-0.05, 0) is 24.8 Å². The summed E-state index contributed by atoms with van der Waals surface area (Å²) in [4.78, 5) is 35.2. The summed E-state index contributed by atoms with van der Waals surface area (Å²) in [5.74, 6) is 0.673. The lowest BCUT2D eigenvalue weighted by atomic mass is 9.85. The Balaban J connectivity index is 1.84. The Labute approximate surface area is 163 Å². The summed E-state index contributed by atoms with van der Waals surface area (Å²) in [6.07, 6.45) is 2.54. The molecule has 3 heterocycles. The predicted molar refractivity (Wildman–Crippen MR) is 104 cm³/mol. The zero-order valence-corrected chi connectivity index (χ0v) is 16.4. The first-order valence-electron chi connectivity index (χ1n) is 9.20. The van der Waals surface area contributed by atoms with Crippen molar-refractivity contribution < 1.29 is 14.7 Å². The Morgan fingerprint density at radius 2 is 2.00 bits per heavy atom. The van der Waals surface area contributed by atoms with Crippen LogP contribution in [0.25, 0.3) is 0 Å². The maximum absolute atomic E-state index is 13.1. The summed E-state index contributed by atoms with van der Waals surface area (Å²) in [6, 6.07) is 1.35. The standard InChI is InChI=1S/C18H26ClN5O3/c1-12(2)11-24-17(27)23(7-8-25)16(26)18(24)3-5-22(6-4-18)15-14(20)9-13(19)10-21-15/h9-10,12,25H,3-8,11,20H2,1-2H3. The molecule has 0 atom stereocenters. The van der Waals surface area contributed by atoms with E-state index < -0.39 is 5.54 Å². The SMILES string of the molecule is CC(C)CN1C(=O)N(CCO)C(=O)C12CCN(c1ncc(Cl)cc1N)CC2. The summed E-state index contributed by atoms with van der Waals surface area (Å²) >= 11 is 5.93. The molecule has 2 aliphatic heterocycles. The molecule has 2 saturated heterocycles. The molecular formula is C18H26ClN5O3. The number of β-amino-alcohol motifs (C(OH)–C–C–N with tert-alkyl or cyclic N) is 1. The molecule has 3 rings (SSSR count). The number of carbonyl (C=O) groups excluding carboxylic acids is 2. The molecule has 3 N–H and O–H groups in total. The summed E-state index contributed by atoms with van der Waals surface area (Å²) in [6.45, 7) is 5.46. The van der Waals surface area contributed by atoms with Crippen LogP contribution in [-0.4, -0.2) is 70.2 Å². The van der Waals surface area contributed by atoms with Gasteiger partial charge in [0.2, 0.25) is 0 Å². The van der Waals surface area contributed by atoms with Crippen LogP contribution in [0.1, 0.15) is 26.7 Å². The van der Waals surface area contributed by atoms with Gasteiger partial charge in [0.15, 0.2) is 5.82 Å². The zero-order chi connectivity index (χ0) is 19.8. The van der Waals surface area contributed by atoms with Crippen LogP contribution < -0.4 is 10.6 Å². The molecule has 8 nitrogen and oxygen atoms in total. The van der Waals surface area contributed by atoms with E-state index >= 15 is 0 Å². The number of pyridine rings is 1. The minimum Gasteiger partial charge on any atom is -0.396 e. The number of hydrogen-bond donors (Lipinski definition) is 2. The lowest BCUT2D eigenvalue weighted by Crippen LogP contribution is -2.57. The smallest absolute Gasteiger partial charge is 0.327 e. The topological polar surface area (TPSA) is 103 Å². The number of nitrogens with zero attached hydrogens (tertiary/aromatic N) is 4. The van der Waals surface area contributed by atoms with Crippen LogP contribution in [0, 0.1) is 5.92 Å². The quantitative estimate of drug-likeness (QED) is 0.733. The average Bonchev–Trinajstić information content (AvgIpc) is 2.79. The van der Waals surface area contributed by atoms with Gasteiger partial charge < -0.3 is 20.6 Å².